The molecular weight excluding hydrogens is 304 g/mol. The summed E-state index contributed by atoms with van der Waals surface area (Å²) in [6.07, 6.45) is -2.74. The molecule has 0 bridgehead atoms. The highest BCUT2D eigenvalue weighted by molar-refractivity contribution is 5.83. The number of aliphatic hydroxyl groups is 3. The van der Waals surface area contributed by atoms with Crippen molar-refractivity contribution in [1.82, 2.24) is 24.0 Å². The molecule has 126 valence electrons. The summed E-state index contributed by atoms with van der Waals surface area (Å²) in [7, 11) is 5.77. The van der Waals surface area contributed by atoms with Crippen molar-refractivity contribution in [1.29, 1.82) is 0 Å². The topological polar surface area (TPSA) is 140 Å². The van der Waals surface area contributed by atoms with Crippen LogP contribution in [-0.4, -0.2) is 80.9 Å². The minimum Gasteiger partial charge on any atom is -0.394 e. The number of aliphatic hydroxyl groups excluding tert-OH is 3. The lowest BCUT2D eigenvalue weighted by atomic mass is 10.1. The number of rotatable bonds is 3. The third-order valence-electron chi connectivity index (χ3n) is 3.85. The first-order chi connectivity index (χ1) is 10.7. The summed E-state index contributed by atoms with van der Waals surface area (Å²) in [6, 6.07) is 0. The van der Waals surface area contributed by atoms with Gasteiger partial charge in [0.05, 0.1) is 34.1 Å². The van der Waals surface area contributed by atoms with E-state index < -0.39 is 31.1 Å². The molecule has 1 aliphatic heterocycles. The molecule has 0 saturated carbocycles. The molecule has 10 heteroatoms. The van der Waals surface area contributed by atoms with Crippen molar-refractivity contribution in [3.05, 3.63) is 6.33 Å². The van der Waals surface area contributed by atoms with E-state index in [1.807, 2.05) is 21.1 Å². The van der Waals surface area contributed by atoms with Crippen LogP contribution in [0.25, 0.3) is 11.2 Å². The number of hydrogen-bond donors (Lipinski definition) is 4. The Morgan fingerprint density at radius 2 is 1.96 bits per heavy atom. The van der Waals surface area contributed by atoms with Crippen LogP contribution in [-0.2, 0) is 4.74 Å². The molecule has 0 aliphatic carbocycles. The molecule has 0 radical (unpaired) electrons. The average molecular weight is 325 g/mol. The number of quaternary nitrogens is 1. The summed E-state index contributed by atoms with van der Waals surface area (Å²) in [5.41, 5.74) is 6.73. The molecule has 0 aromatic carbocycles. The number of anilines is 1. The van der Waals surface area contributed by atoms with Gasteiger partial charge in [0.2, 0.25) is 5.95 Å². The highest BCUT2D eigenvalue weighted by atomic mass is 16.6. The highest BCUT2D eigenvalue weighted by Crippen LogP contribution is 2.33. The van der Waals surface area contributed by atoms with Crippen LogP contribution in [0.3, 0.4) is 0 Å². The summed E-state index contributed by atoms with van der Waals surface area (Å²) < 4.78 is 7.40. The van der Waals surface area contributed by atoms with Gasteiger partial charge in [-0.05, 0) is 0 Å². The third kappa shape index (κ3) is 2.54. The van der Waals surface area contributed by atoms with Gasteiger partial charge in [-0.1, -0.05) is 0 Å². The second kappa shape index (κ2) is 5.35. The van der Waals surface area contributed by atoms with E-state index in [0.29, 0.717) is 21.5 Å². The summed E-state index contributed by atoms with van der Waals surface area (Å²) in [5.74, 6) is 0.701. The van der Waals surface area contributed by atoms with Gasteiger partial charge in [-0.3, -0.25) is 9.05 Å². The molecule has 0 spiro atoms. The van der Waals surface area contributed by atoms with Crippen molar-refractivity contribution in [2.24, 2.45) is 0 Å². The standard InChI is InChI=1S/C13H21N6O4/c1-19(2,3)11-7-10(16-13(14)17-11)18(5-15-7)12-9(22)8(21)6(4-20)23-12/h5-6,8-9,12,20-22H,4H2,1-3H3,(H2,14,16,17)/q+1/t6-,8+,9-,12-/m0/s1. The van der Waals surface area contributed by atoms with E-state index in [9.17, 15) is 15.3 Å². The van der Waals surface area contributed by atoms with Crippen LogP contribution in [0.5, 0.6) is 0 Å². The van der Waals surface area contributed by atoms with Crippen molar-refractivity contribution in [2.75, 3.05) is 33.5 Å². The van der Waals surface area contributed by atoms with Crippen LogP contribution in [0.1, 0.15) is 6.23 Å². The number of ether oxygens (including phenoxy) is 1. The lowest BCUT2D eigenvalue weighted by molar-refractivity contribution is -0.0511. The number of nitrogens with zero attached hydrogens (tertiary/aromatic N) is 5. The van der Waals surface area contributed by atoms with Crippen LogP contribution in [0.2, 0.25) is 0 Å². The Labute approximate surface area is 132 Å². The number of imidazole rings is 1. The highest BCUT2D eigenvalue weighted by Gasteiger charge is 2.44. The second-order valence-corrected chi connectivity index (χ2v) is 6.47. The maximum atomic E-state index is 10.2. The zero-order valence-corrected chi connectivity index (χ0v) is 13.2. The number of aromatic nitrogens is 4. The van der Waals surface area contributed by atoms with E-state index in [1.54, 1.807) is 0 Å². The number of nitrogen functional groups attached to an aromatic ring is 1. The molecule has 4 atom stereocenters. The number of hydrogen-bond acceptors (Lipinski definition) is 8. The Kier molecular flexibility index (Phi) is 3.73. The molecule has 1 aliphatic rings. The molecule has 2 aromatic heterocycles. The predicted octanol–water partition coefficient (Wildman–Crippen LogP) is -1.78. The van der Waals surface area contributed by atoms with Gasteiger partial charge in [0, 0.05) is 0 Å². The SMILES string of the molecule is C[N+](C)(C)c1nc(N)nc2c1ncn2[C@H]1O[C@@H](CO)[C@@H](O)[C@@H]1O. The number of fused-ring (bicyclic) bond motifs is 1. The molecule has 0 amide bonds. The van der Waals surface area contributed by atoms with E-state index in [2.05, 4.69) is 15.0 Å². The average Bonchev–Trinajstić information content (AvgIpc) is 3.00. The van der Waals surface area contributed by atoms with Crippen LogP contribution in [0.4, 0.5) is 11.8 Å². The Morgan fingerprint density at radius 3 is 2.52 bits per heavy atom. The van der Waals surface area contributed by atoms with Gasteiger partial charge in [-0.25, -0.2) is 4.98 Å². The van der Waals surface area contributed by atoms with Gasteiger partial charge in [-0.2, -0.15) is 9.97 Å². The minimum absolute atomic E-state index is 0.0778. The largest absolute Gasteiger partial charge is 0.394 e. The molecule has 2 aromatic rings. The Balaban J connectivity index is 2.12. The van der Waals surface area contributed by atoms with Gasteiger partial charge in [0.1, 0.15) is 18.3 Å². The molecule has 3 heterocycles. The lowest BCUT2D eigenvalue weighted by Gasteiger charge is -2.22. The fraction of sp³-hybridized carbons (Fsp3) is 0.615. The lowest BCUT2D eigenvalue weighted by Crippen LogP contribution is -2.36. The van der Waals surface area contributed by atoms with Crippen molar-refractivity contribution in [3.8, 4) is 0 Å². The Bertz CT molecular complexity index is 727. The van der Waals surface area contributed by atoms with E-state index in [4.69, 9.17) is 10.5 Å². The molecular formula is C13H21N6O4+. The van der Waals surface area contributed by atoms with E-state index in [-0.39, 0.29) is 5.95 Å². The third-order valence-corrected chi connectivity index (χ3v) is 3.85. The quantitative estimate of drug-likeness (QED) is 0.486. The maximum Gasteiger partial charge on any atom is 0.260 e. The molecule has 10 nitrogen and oxygen atoms in total. The van der Waals surface area contributed by atoms with Gasteiger partial charge in [0.15, 0.2) is 17.4 Å². The summed E-state index contributed by atoms with van der Waals surface area (Å²) in [4.78, 5) is 12.7. The zero-order chi connectivity index (χ0) is 16.9. The molecule has 1 saturated heterocycles. The van der Waals surface area contributed by atoms with Gasteiger partial charge in [-0.15, -0.1) is 0 Å². The molecule has 0 unspecified atom stereocenters. The first-order valence-electron chi connectivity index (χ1n) is 7.18. The Morgan fingerprint density at radius 1 is 1.26 bits per heavy atom. The second-order valence-electron chi connectivity index (χ2n) is 6.47. The molecule has 3 rings (SSSR count). The van der Waals surface area contributed by atoms with Gasteiger partial charge >= 0.3 is 0 Å². The smallest absolute Gasteiger partial charge is 0.260 e. The molecule has 5 N–H and O–H groups in total. The fourth-order valence-electron chi connectivity index (χ4n) is 2.68. The van der Waals surface area contributed by atoms with Crippen molar-refractivity contribution >= 4 is 22.9 Å². The first-order valence-corrected chi connectivity index (χ1v) is 7.18. The van der Waals surface area contributed by atoms with Crippen molar-refractivity contribution in [2.45, 2.75) is 24.5 Å². The fourth-order valence-corrected chi connectivity index (χ4v) is 2.68. The van der Waals surface area contributed by atoms with E-state index >= 15 is 0 Å². The van der Waals surface area contributed by atoms with E-state index in [0.717, 1.165) is 0 Å². The van der Waals surface area contributed by atoms with Crippen LogP contribution < -0.4 is 10.2 Å². The zero-order valence-electron chi connectivity index (χ0n) is 13.2. The van der Waals surface area contributed by atoms with Crippen LogP contribution in [0.15, 0.2) is 6.33 Å². The summed E-state index contributed by atoms with van der Waals surface area (Å²) in [6.45, 7) is -0.400. The van der Waals surface area contributed by atoms with Gasteiger partial charge in [0.25, 0.3) is 5.82 Å². The molecule has 23 heavy (non-hydrogen) atoms. The maximum absolute atomic E-state index is 10.2. The predicted molar refractivity (Wildman–Crippen MR) is 82.3 cm³/mol. The normalized spacial score (nSPS) is 28.6. The molecule has 1 fully saturated rings. The van der Waals surface area contributed by atoms with Gasteiger partial charge < -0.3 is 25.8 Å². The van der Waals surface area contributed by atoms with E-state index in [1.165, 1.54) is 10.9 Å². The summed E-state index contributed by atoms with van der Waals surface area (Å²) in [5, 5.41) is 29.3. The van der Waals surface area contributed by atoms with Crippen molar-refractivity contribution in [3.63, 3.8) is 0 Å². The summed E-state index contributed by atoms with van der Waals surface area (Å²) >= 11 is 0. The minimum atomic E-state index is -1.21. The van der Waals surface area contributed by atoms with Crippen molar-refractivity contribution < 1.29 is 20.1 Å². The Hall–Kier alpha value is -1.85. The van der Waals surface area contributed by atoms with Crippen LogP contribution in [0, 0.1) is 0 Å². The van der Waals surface area contributed by atoms with Crippen LogP contribution >= 0.6 is 0 Å². The monoisotopic (exact) mass is 325 g/mol. The first kappa shape index (κ1) is 16.0. The number of nitrogens with two attached hydrogens (primary N) is 1.